The van der Waals surface area contributed by atoms with E-state index in [1.54, 1.807) is 4.68 Å². The Labute approximate surface area is 167 Å². The summed E-state index contributed by atoms with van der Waals surface area (Å²) in [6.07, 6.45) is 5.93. The molecular weight excluding hydrogens is 374 g/mol. The molecule has 146 valence electrons. The summed E-state index contributed by atoms with van der Waals surface area (Å²) < 4.78 is 7.49. The highest BCUT2D eigenvalue weighted by atomic mass is 32.2. The fourth-order valence-corrected chi connectivity index (χ4v) is 4.02. The number of carbonyl (C=O) groups is 1. The predicted molar refractivity (Wildman–Crippen MR) is 108 cm³/mol. The van der Waals surface area contributed by atoms with Crippen molar-refractivity contribution in [3.8, 4) is 5.69 Å². The fourth-order valence-electron chi connectivity index (χ4n) is 3.45. The molecule has 7 nitrogen and oxygen atoms in total. The average molecular weight is 398 g/mol. The van der Waals surface area contributed by atoms with Crippen LogP contribution in [0.4, 0.5) is 5.82 Å². The van der Waals surface area contributed by atoms with Gasteiger partial charge < -0.3 is 9.73 Å². The highest BCUT2D eigenvalue weighted by Crippen LogP contribution is 2.32. The minimum Gasteiger partial charge on any atom is -0.416 e. The summed E-state index contributed by atoms with van der Waals surface area (Å²) in [4.78, 5) is 12.4. The number of nitrogens with one attached hydrogen (secondary N) is 1. The molecule has 0 unspecified atom stereocenters. The molecule has 0 aliphatic heterocycles. The van der Waals surface area contributed by atoms with E-state index in [4.69, 9.17) is 4.42 Å². The van der Waals surface area contributed by atoms with E-state index < -0.39 is 0 Å². The van der Waals surface area contributed by atoms with Gasteiger partial charge in [0.15, 0.2) is 0 Å². The van der Waals surface area contributed by atoms with E-state index in [-0.39, 0.29) is 11.7 Å². The van der Waals surface area contributed by atoms with Crippen LogP contribution in [0.2, 0.25) is 0 Å². The molecule has 1 fully saturated rings. The number of aryl methyl sites for hydroxylation is 1. The number of hydrogen-bond acceptors (Lipinski definition) is 6. The highest BCUT2D eigenvalue weighted by molar-refractivity contribution is 7.99. The molecule has 4 rings (SSSR count). The Morgan fingerprint density at radius 3 is 2.79 bits per heavy atom. The molecule has 0 atom stereocenters. The first-order valence-electron chi connectivity index (χ1n) is 9.57. The Morgan fingerprint density at radius 1 is 1.21 bits per heavy atom. The monoisotopic (exact) mass is 397 g/mol. The summed E-state index contributed by atoms with van der Waals surface area (Å²) in [6.45, 7) is 1.90. The van der Waals surface area contributed by atoms with Crippen molar-refractivity contribution in [1.82, 2.24) is 20.0 Å². The maximum atomic E-state index is 12.4. The second-order valence-corrected chi connectivity index (χ2v) is 7.92. The van der Waals surface area contributed by atoms with Crippen molar-refractivity contribution < 1.29 is 9.21 Å². The van der Waals surface area contributed by atoms with Crippen LogP contribution in [0.1, 0.15) is 49.6 Å². The van der Waals surface area contributed by atoms with Crippen LogP contribution in [-0.2, 0) is 4.79 Å². The molecule has 1 N–H and O–H groups in total. The molecule has 1 saturated carbocycles. The van der Waals surface area contributed by atoms with Gasteiger partial charge in [-0.15, -0.1) is 10.2 Å². The van der Waals surface area contributed by atoms with E-state index in [1.165, 1.54) is 31.0 Å². The SMILES string of the molecule is Cc1cc(NC(=O)CSc2nnc(C3CCCCC3)o2)n(-c2ccccc2)n1. The second kappa shape index (κ2) is 8.60. The van der Waals surface area contributed by atoms with Crippen molar-refractivity contribution in [2.75, 3.05) is 11.1 Å². The number of benzene rings is 1. The van der Waals surface area contributed by atoms with E-state index in [2.05, 4.69) is 20.6 Å². The number of amides is 1. The maximum absolute atomic E-state index is 12.4. The summed E-state index contributed by atoms with van der Waals surface area (Å²) in [6, 6.07) is 11.6. The molecule has 1 aliphatic rings. The molecule has 1 aliphatic carbocycles. The van der Waals surface area contributed by atoms with Crippen LogP contribution in [0, 0.1) is 6.92 Å². The van der Waals surface area contributed by atoms with Crippen molar-refractivity contribution in [2.45, 2.75) is 50.2 Å². The van der Waals surface area contributed by atoms with E-state index in [1.807, 2.05) is 43.3 Å². The molecule has 2 aromatic heterocycles. The summed E-state index contributed by atoms with van der Waals surface area (Å²) in [5, 5.41) is 16.1. The van der Waals surface area contributed by atoms with Gasteiger partial charge in [-0.1, -0.05) is 49.2 Å². The number of nitrogens with zero attached hydrogens (tertiary/aromatic N) is 4. The first kappa shape index (κ1) is 18.7. The first-order valence-corrected chi connectivity index (χ1v) is 10.6. The zero-order valence-corrected chi connectivity index (χ0v) is 16.6. The third kappa shape index (κ3) is 4.44. The summed E-state index contributed by atoms with van der Waals surface area (Å²) in [5.74, 6) is 1.78. The lowest BCUT2D eigenvalue weighted by Crippen LogP contribution is -2.16. The topological polar surface area (TPSA) is 85.8 Å². The number of para-hydroxylation sites is 1. The van der Waals surface area contributed by atoms with Crippen molar-refractivity contribution in [1.29, 1.82) is 0 Å². The third-order valence-electron chi connectivity index (χ3n) is 4.80. The van der Waals surface area contributed by atoms with Gasteiger partial charge in [0, 0.05) is 12.0 Å². The largest absolute Gasteiger partial charge is 0.416 e. The Kier molecular flexibility index (Phi) is 5.76. The number of hydrogen-bond donors (Lipinski definition) is 1. The van der Waals surface area contributed by atoms with Gasteiger partial charge in [0.2, 0.25) is 11.8 Å². The average Bonchev–Trinajstić information content (AvgIpc) is 3.34. The zero-order valence-electron chi connectivity index (χ0n) is 15.8. The number of thioether (sulfide) groups is 1. The Hall–Kier alpha value is -2.61. The lowest BCUT2D eigenvalue weighted by atomic mass is 9.89. The van der Waals surface area contributed by atoms with E-state index >= 15 is 0 Å². The number of carbonyl (C=O) groups excluding carboxylic acids is 1. The molecule has 0 spiro atoms. The molecule has 1 aromatic carbocycles. The fraction of sp³-hybridized carbons (Fsp3) is 0.400. The van der Waals surface area contributed by atoms with Gasteiger partial charge >= 0.3 is 0 Å². The molecule has 1 amide bonds. The van der Waals surface area contributed by atoms with Crippen LogP contribution in [0.3, 0.4) is 0 Å². The highest BCUT2D eigenvalue weighted by Gasteiger charge is 2.21. The van der Waals surface area contributed by atoms with E-state index in [9.17, 15) is 4.79 Å². The van der Waals surface area contributed by atoms with Crippen molar-refractivity contribution in [3.05, 3.63) is 48.0 Å². The molecule has 3 aromatic rings. The first-order chi connectivity index (χ1) is 13.7. The minimum atomic E-state index is -0.139. The molecule has 2 heterocycles. The standard InChI is InChI=1S/C20H23N5O2S/c1-14-12-17(25(24-14)16-10-6-3-7-11-16)21-18(26)13-28-20-23-22-19(27-20)15-8-4-2-5-9-15/h3,6-7,10-12,15H,2,4-5,8-9,13H2,1H3,(H,21,26). The Balaban J connectivity index is 1.36. The lowest BCUT2D eigenvalue weighted by molar-refractivity contribution is -0.113. The quantitative estimate of drug-likeness (QED) is 0.623. The summed E-state index contributed by atoms with van der Waals surface area (Å²) in [7, 11) is 0. The molecule has 0 bridgehead atoms. The van der Waals surface area contributed by atoms with Crippen LogP contribution >= 0.6 is 11.8 Å². The van der Waals surface area contributed by atoms with Gasteiger partial charge in [-0.05, 0) is 31.9 Å². The van der Waals surface area contributed by atoms with E-state index in [0.29, 0.717) is 22.8 Å². The molecule has 28 heavy (non-hydrogen) atoms. The Morgan fingerprint density at radius 2 is 2.00 bits per heavy atom. The smallest absolute Gasteiger partial charge is 0.277 e. The normalized spacial score (nSPS) is 14.9. The molecule has 0 radical (unpaired) electrons. The van der Waals surface area contributed by atoms with Crippen molar-refractivity contribution in [3.63, 3.8) is 0 Å². The van der Waals surface area contributed by atoms with Crippen LogP contribution in [-0.4, -0.2) is 31.6 Å². The van der Waals surface area contributed by atoms with Crippen LogP contribution in [0.25, 0.3) is 5.69 Å². The third-order valence-corrected chi connectivity index (χ3v) is 5.62. The Bertz CT molecular complexity index is 931. The van der Waals surface area contributed by atoms with Gasteiger partial charge in [-0.3, -0.25) is 4.79 Å². The number of rotatable bonds is 6. The van der Waals surface area contributed by atoms with Gasteiger partial charge in [0.05, 0.1) is 17.1 Å². The molecule has 0 saturated heterocycles. The van der Waals surface area contributed by atoms with E-state index in [0.717, 1.165) is 24.2 Å². The van der Waals surface area contributed by atoms with Crippen LogP contribution < -0.4 is 5.32 Å². The minimum absolute atomic E-state index is 0.139. The van der Waals surface area contributed by atoms with Crippen molar-refractivity contribution >= 4 is 23.5 Å². The summed E-state index contributed by atoms with van der Waals surface area (Å²) >= 11 is 1.26. The number of anilines is 1. The van der Waals surface area contributed by atoms with Gasteiger partial charge in [0.1, 0.15) is 5.82 Å². The molecule has 8 heteroatoms. The number of aromatic nitrogens is 4. The van der Waals surface area contributed by atoms with Crippen LogP contribution in [0.15, 0.2) is 46.0 Å². The summed E-state index contributed by atoms with van der Waals surface area (Å²) in [5.41, 5.74) is 1.73. The van der Waals surface area contributed by atoms with Gasteiger partial charge in [0.25, 0.3) is 5.22 Å². The van der Waals surface area contributed by atoms with Gasteiger partial charge in [-0.2, -0.15) is 5.10 Å². The lowest BCUT2D eigenvalue weighted by Gasteiger charge is -2.17. The predicted octanol–water partition coefficient (Wildman–Crippen LogP) is 4.34. The van der Waals surface area contributed by atoms with Crippen LogP contribution in [0.5, 0.6) is 0 Å². The van der Waals surface area contributed by atoms with Crippen molar-refractivity contribution in [2.24, 2.45) is 0 Å². The molecular formula is C20H23N5O2S. The van der Waals surface area contributed by atoms with Gasteiger partial charge in [-0.25, -0.2) is 4.68 Å². The maximum Gasteiger partial charge on any atom is 0.277 e. The second-order valence-electron chi connectivity index (χ2n) is 7.00. The zero-order chi connectivity index (χ0) is 19.3.